The fraction of sp³-hybridized carbons (Fsp3) is 0.478. The highest BCUT2D eigenvalue weighted by atomic mass is 16.4. The minimum Gasteiger partial charge on any atom is -0.508 e. The fourth-order valence-corrected chi connectivity index (χ4v) is 3.21. The van der Waals surface area contributed by atoms with Crippen LogP contribution in [0.2, 0.25) is 0 Å². The lowest BCUT2D eigenvalue weighted by molar-refractivity contribution is -0.144. The van der Waals surface area contributed by atoms with Gasteiger partial charge in [0.05, 0.1) is 12.5 Å². The van der Waals surface area contributed by atoms with Gasteiger partial charge in [-0.25, -0.2) is 4.79 Å². The van der Waals surface area contributed by atoms with E-state index in [-0.39, 0.29) is 25.0 Å². The number of primary amides is 1. The number of nitrogens with two attached hydrogens (primary N) is 2. The molecule has 0 aliphatic heterocycles. The summed E-state index contributed by atoms with van der Waals surface area (Å²) < 4.78 is 0. The van der Waals surface area contributed by atoms with Gasteiger partial charge in [-0.2, -0.15) is 0 Å². The summed E-state index contributed by atoms with van der Waals surface area (Å²) >= 11 is 0. The second kappa shape index (κ2) is 14.4. The quantitative estimate of drug-likeness (QED) is 0.128. The molecular weight excluding hydrogens is 490 g/mol. The highest BCUT2D eigenvalue weighted by Gasteiger charge is 2.32. The molecule has 0 spiro atoms. The fourth-order valence-electron chi connectivity index (χ4n) is 3.21. The molecule has 0 radical (unpaired) electrons. The van der Waals surface area contributed by atoms with Gasteiger partial charge in [-0.1, -0.05) is 26.0 Å². The molecule has 1 aromatic rings. The summed E-state index contributed by atoms with van der Waals surface area (Å²) in [6.07, 6.45) is -1.26. The van der Waals surface area contributed by atoms with Crippen LogP contribution in [-0.2, 0) is 35.2 Å². The number of carbonyl (C=O) groups excluding carboxylic acids is 4. The van der Waals surface area contributed by atoms with Gasteiger partial charge in [0.2, 0.25) is 23.6 Å². The highest BCUT2D eigenvalue weighted by molar-refractivity contribution is 5.95. The van der Waals surface area contributed by atoms with E-state index in [0.29, 0.717) is 5.56 Å². The number of amides is 4. The van der Waals surface area contributed by atoms with Gasteiger partial charge in [0.1, 0.15) is 23.9 Å². The number of aromatic hydroxyl groups is 1. The lowest BCUT2D eigenvalue weighted by atomic mass is 10.0. The zero-order chi connectivity index (χ0) is 28.3. The van der Waals surface area contributed by atoms with E-state index in [1.54, 1.807) is 0 Å². The Kier molecular flexibility index (Phi) is 12.0. The number of nitrogens with one attached hydrogen (secondary N) is 3. The molecule has 14 nitrogen and oxygen atoms in total. The van der Waals surface area contributed by atoms with E-state index in [4.69, 9.17) is 11.5 Å². The van der Waals surface area contributed by atoms with E-state index in [2.05, 4.69) is 16.0 Å². The van der Waals surface area contributed by atoms with Crippen LogP contribution < -0.4 is 27.4 Å². The highest BCUT2D eigenvalue weighted by Crippen LogP contribution is 2.12. The molecule has 0 aliphatic rings. The maximum Gasteiger partial charge on any atom is 0.326 e. The molecule has 10 N–H and O–H groups in total. The summed E-state index contributed by atoms with van der Waals surface area (Å²) in [5, 5.41) is 34.9. The molecule has 4 unspecified atom stereocenters. The maximum atomic E-state index is 13.1. The van der Waals surface area contributed by atoms with Crippen molar-refractivity contribution in [2.75, 3.05) is 0 Å². The van der Waals surface area contributed by atoms with Crippen molar-refractivity contribution >= 4 is 35.6 Å². The Morgan fingerprint density at radius 1 is 0.865 bits per heavy atom. The van der Waals surface area contributed by atoms with E-state index in [0.717, 1.165) is 0 Å². The first-order valence-corrected chi connectivity index (χ1v) is 11.4. The van der Waals surface area contributed by atoms with Crippen LogP contribution in [0.4, 0.5) is 0 Å². The number of aliphatic carboxylic acids is 2. The Morgan fingerprint density at radius 2 is 1.41 bits per heavy atom. The zero-order valence-electron chi connectivity index (χ0n) is 20.5. The van der Waals surface area contributed by atoms with Gasteiger partial charge in [-0.3, -0.25) is 24.0 Å². The maximum absolute atomic E-state index is 13.1. The summed E-state index contributed by atoms with van der Waals surface area (Å²) in [5.41, 5.74) is 11.3. The lowest BCUT2D eigenvalue weighted by Gasteiger charge is -2.25. The van der Waals surface area contributed by atoms with Gasteiger partial charge < -0.3 is 42.7 Å². The average molecular weight is 524 g/mol. The van der Waals surface area contributed by atoms with Crippen molar-refractivity contribution in [1.82, 2.24) is 16.0 Å². The van der Waals surface area contributed by atoms with Gasteiger partial charge in [0.25, 0.3) is 0 Å². The number of carboxylic acid groups (broad SMARTS) is 2. The van der Waals surface area contributed by atoms with E-state index in [1.807, 2.05) is 0 Å². The summed E-state index contributed by atoms with van der Waals surface area (Å²) in [7, 11) is 0. The molecule has 4 amide bonds. The van der Waals surface area contributed by atoms with Crippen molar-refractivity contribution in [2.24, 2.45) is 17.4 Å². The third-order valence-electron chi connectivity index (χ3n) is 5.29. The molecule has 0 bridgehead atoms. The first-order chi connectivity index (χ1) is 17.2. The van der Waals surface area contributed by atoms with Gasteiger partial charge in [-0.15, -0.1) is 0 Å². The van der Waals surface area contributed by atoms with Crippen molar-refractivity contribution in [3.05, 3.63) is 29.8 Å². The van der Waals surface area contributed by atoms with Crippen LogP contribution >= 0.6 is 0 Å². The van der Waals surface area contributed by atoms with Crippen LogP contribution in [0.5, 0.6) is 5.75 Å². The van der Waals surface area contributed by atoms with E-state index in [1.165, 1.54) is 38.1 Å². The average Bonchev–Trinajstić information content (AvgIpc) is 2.80. The Morgan fingerprint density at radius 3 is 1.89 bits per heavy atom. The number of phenols is 1. The van der Waals surface area contributed by atoms with Crippen LogP contribution in [0, 0.1) is 5.92 Å². The molecule has 0 saturated carbocycles. The van der Waals surface area contributed by atoms with Gasteiger partial charge in [0.15, 0.2) is 0 Å². The molecule has 0 aliphatic carbocycles. The summed E-state index contributed by atoms with van der Waals surface area (Å²) in [6, 6.07) is 0.133. The molecule has 204 valence electrons. The van der Waals surface area contributed by atoms with Crippen LogP contribution in [0.15, 0.2) is 24.3 Å². The molecule has 0 aromatic heterocycles. The van der Waals surface area contributed by atoms with E-state index >= 15 is 0 Å². The first kappa shape index (κ1) is 30.8. The molecule has 1 rings (SSSR count). The molecule has 1 aromatic carbocycles. The summed E-state index contributed by atoms with van der Waals surface area (Å²) in [6.45, 7) is 3.07. The minimum atomic E-state index is -1.66. The molecule has 14 heteroatoms. The van der Waals surface area contributed by atoms with Gasteiger partial charge in [-0.05, 0) is 30.0 Å². The van der Waals surface area contributed by atoms with Crippen LogP contribution in [0.25, 0.3) is 0 Å². The Labute approximate surface area is 212 Å². The van der Waals surface area contributed by atoms with Crippen molar-refractivity contribution in [1.29, 1.82) is 0 Å². The monoisotopic (exact) mass is 523 g/mol. The third-order valence-corrected chi connectivity index (χ3v) is 5.29. The second-order valence-electron chi connectivity index (χ2n) is 8.77. The normalized spacial score (nSPS) is 14.1. The minimum absolute atomic E-state index is 0.0430. The van der Waals surface area contributed by atoms with Crippen molar-refractivity contribution < 1.29 is 44.1 Å². The lowest BCUT2D eigenvalue weighted by Crippen LogP contribution is -2.58. The largest absolute Gasteiger partial charge is 0.508 e. The number of benzene rings is 1. The summed E-state index contributed by atoms with van der Waals surface area (Å²) in [4.78, 5) is 72.1. The molecule has 4 atom stereocenters. The van der Waals surface area contributed by atoms with E-state index in [9.17, 15) is 44.1 Å². The molecular formula is C23H33N5O9. The molecule has 0 fully saturated rings. The predicted octanol–water partition coefficient (Wildman–Crippen LogP) is -1.80. The van der Waals surface area contributed by atoms with Crippen molar-refractivity contribution in [3.8, 4) is 5.75 Å². The second-order valence-corrected chi connectivity index (χ2v) is 8.77. The van der Waals surface area contributed by atoms with Crippen LogP contribution in [0.3, 0.4) is 0 Å². The number of carbonyl (C=O) groups is 6. The van der Waals surface area contributed by atoms with E-state index < -0.39 is 72.1 Å². The standard InChI is InChI=1S/C23H33N5O9/c1-11(2)19(23(36)37)28-22(35)16(10-18(31)32)27-21(34)15(9-12-3-5-13(29)6-4-12)26-20(33)14(24)7-8-17(25)30/h3-6,11,14-16,19,29H,7-10,24H2,1-2H3,(H2,25,30)(H,26,33)(H,27,34)(H,28,35)(H,31,32)(H,36,37). The Bertz CT molecular complexity index is 997. The van der Waals surface area contributed by atoms with Gasteiger partial charge in [0, 0.05) is 12.8 Å². The Balaban J connectivity index is 3.14. The number of carboxylic acids is 2. The smallest absolute Gasteiger partial charge is 0.326 e. The number of phenolic OH excluding ortho intramolecular Hbond substituents is 1. The molecule has 0 saturated heterocycles. The first-order valence-electron chi connectivity index (χ1n) is 11.4. The number of hydrogen-bond donors (Lipinski definition) is 8. The van der Waals surface area contributed by atoms with Crippen LogP contribution in [-0.4, -0.2) is 75.1 Å². The predicted molar refractivity (Wildman–Crippen MR) is 129 cm³/mol. The van der Waals surface area contributed by atoms with Crippen LogP contribution in [0.1, 0.15) is 38.7 Å². The van der Waals surface area contributed by atoms with Crippen molar-refractivity contribution in [2.45, 2.75) is 63.7 Å². The third kappa shape index (κ3) is 10.9. The number of rotatable bonds is 15. The SMILES string of the molecule is CC(C)C(NC(=O)C(CC(=O)O)NC(=O)C(Cc1ccc(O)cc1)NC(=O)C(N)CCC(N)=O)C(=O)O. The molecule has 0 heterocycles. The van der Waals surface area contributed by atoms with Gasteiger partial charge >= 0.3 is 11.9 Å². The number of hydrogen-bond acceptors (Lipinski definition) is 8. The summed E-state index contributed by atoms with van der Waals surface area (Å²) in [5.74, 6) is -6.82. The zero-order valence-corrected chi connectivity index (χ0v) is 20.5. The Hall–Kier alpha value is -4.20. The molecule has 37 heavy (non-hydrogen) atoms. The van der Waals surface area contributed by atoms with Crippen molar-refractivity contribution in [3.63, 3.8) is 0 Å². The topological polar surface area (TPSA) is 251 Å².